The number of nitrogens with one attached hydrogen (secondary N) is 2. The van der Waals surface area contributed by atoms with Gasteiger partial charge in [-0.15, -0.1) is 0 Å². The highest BCUT2D eigenvalue weighted by atomic mass is 16.5. The zero-order valence-corrected chi connectivity index (χ0v) is 16.4. The van der Waals surface area contributed by atoms with Gasteiger partial charge in [-0.25, -0.2) is 4.79 Å². The van der Waals surface area contributed by atoms with E-state index >= 15 is 0 Å². The summed E-state index contributed by atoms with van der Waals surface area (Å²) in [6.45, 7) is 1.88. The van der Waals surface area contributed by atoms with Crippen molar-refractivity contribution in [2.24, 2.45) is 0 Å². The summed E-state index contributed by atoms with van der Waals surface area (Å²) in [6, 6.07) is 6.37. The second kappa shape index (κ2) is 8.46. The van der Waals surface area contributed by atoms with Crippen molar-refractivity contribution in [2.75, 3.05) is 20.2 Å². The third kappa shape index (κ3) is 4.18. The fourth-order valence-electron chi connectivity index (χ4n) is 3.65. The third-order valence-corrected chi connectivity index (χ3v) is 5.40. The molecular weight excluding hydrogens is 358 g/mol. The maximum Gasteiger partial charge on any atom is 0.325 e. The van der Waals surface area contributed by atoms with Gasteiger partial charge >= 0.3 is 6.03 Å². The molecule has 150 valence electrons. The molecule has 1 aromatic rings. The van der Waals surface area contributed by atoms with Crippen molar-refractivity contribution < 1.29 is 19.1 Å². The van der Waals surface area contributed by atoms with Gasteiger partial charge in [0, 0.05) is 6.54 Å². The van der Waals surface area contributed by atoms with Crippen LogP contribution in [0.15, 0.2) is 35.9 Å². The number of rotatable bonds is 7. The number of benzene rings is 1. The molecule has 1 atom stereocenters. The zero-order valence-electron chi connectivity index (χ0n) is 16.4. The predicted molar refractivity (Wildman–Crippen MR) is 105 cm³/mol. The number of methoxy groups -OCH3 is 1. The second-order valence-electron chi connectivity index (χ2n) is 7.38. The van der Waals surface area contributed by atoms with Crippen LogP contribution < -0.4 is 15.4 Å². The largest absolute Gasteiger partial charge is 0.497 e. The monoisotopic (exact) mass is 385 g/mol. The molecule has 2 aliphatic rings. The van der Waals surface area contributed by atoms with Gasteiger partial charge in [-0.05, 0) is 56.7 Å². The number of carbonyl (C=O) groups is 3. The number of ether oxygens (including phenoxy) is 1. The SMILES string of the molecule is COc1ccc([C@]2(C)NC(=O)N(CC(=O)NCCC3=CCCCC3)C2=O)cc1. The van der Waals surface area contributed by atoms with E-state index in [1.165, 1.54) is 18.4 Å². The molecule has 1 aromatic carbocycles. The van der Waals surface area contributed by atoms with Gasteiger partial charge < -0.3 is 15.4 Å². The fourth-order valence-corrected chi connectivity index (χ4v) is 3.65. The van der Waals surface area contributed by atoms with Gasteiger partial charge in [-0.1, -0.05) is 23.8 Å². The van der Waals surface area contributed by atoms with E-state index < -0.39 is 17.5 Å². The van der Waals surface area contributed by atoms with Crippen molar-refractivity contribution in [3.8, 4) is 5.75 Å². The van der Waals surface area contributed by atoms with E-state index in [1.54, 1.807) is 38.3 Å². The first-order chi connectivity index (χ1) is 13.4. The van der Waals surface area contributed by atoms with E-state index in [-0.39, 0.29) is 12.5 Å². The number of carbonyl (C=O) groups excluding carboxylic acids is 3. The molecule has 1 saturated heterocycles. The molecule has 0 spiro atoms. The van der Waals surface area contributed by atoms with E-state index in [0.29, 0.717) is 17.9 Å². The van der Waals surface area contributed by atoms with Crippen molar-refractivity contribution >= 4 is 17.8 Å². The van der Waals surface area contributed by atoms with E-state index in [9.17, 15) is 14.4 Å². The number of nitrogens with zero attached hydrogens (tertiary/aromatic N) is 1. The van der Waals surface area contributed by atoms with Crippen molar-refractivity contribution in [3.63, 3.8) is 0 Å². The Labute approximate surface area is 165 Å². The molecule has 7 heteroatoms. The van der Waals surface area contributed by atoms with Crippen LogP contribution in [0, 0.1) is 0 Å². The fraction of sp³-hybridized carbons (Fsp3) is 0.476. The van der Waals surface area contributed by atoms with Crippen LogP contribution in [0.3, 0.4) is 0 Å². The van der Waals surface area contributed by atoms with Gasteiger partial charge in [0.1, 0.15) is 17.8 Å². The Balaban J connectivity index is 1.58. The highest BCUT2D eigenvalue weighted by Gasteiger charge is 2.49. The van der Waals surface area contributed by atoms with E-state index in [2.05, 4.69) is 16.7 Å². The summed E-state index contributed by atoms with van der Waals surface area (Å²) < 4.78 is 5.13. The number of allylic oxidation sites excluding steroid dienone is 1. The number of urea groups is 1. The number of hydrogen-bond donors (Lipinski definition) is 2. The molecule has 28 heavy (non-hydrogen) atoms. The minimum Gasteiger partial charge on any atom is -0.497 e. The quantitative estimate of drug-likeness (QED) is 0.558. The molecule has 0 unspecified atom stereocenters. The van der Waals surface area contributed by atoms with Gasteiger partial charge in [0.2, 0.25) is 5.91 Å². The molecular formula is C21H27N3O4. The lowest BCUT2D eigenvalue weighted by Gasteiger charge is -2.22. The first kappa shape index (κ1) is 19.9. The molecule has 7 nitrogen and oxygen atoms in total. The van der Waals surface area contributed by atoms with Gasteiger partial charge in [0.05, 0.1) is 7.11 Å². The highest BCUT2D eigenvalue weighted by molar-refractivity contribution is 6.09. The molecule has 3 rings (SSSR count). The van der Waals surface area contributed by atoms with Gasteiger partial charge in [0.15, 0.2) is 0 Å². The Hall–Kier alpha value is -2.83. The molecule has 0 radical (unpaired) electrons. The summed E-state index contributed by atoms with van der Waals surface area (Å²) in [5.41, 5.74) is 0.809. The Morgan fingerprint density at radius 2 is 2.00 bits per heavy atom. The Morgan fingerprint density at radius 3 is 2.64 bits per heavy atom. The minimum absolute atomic E-state index is 0.282. The van der Waals surface area contributed by atoms with Gasteiger partial charge in [-0.2, -0.15) is 0 Å². The molecule has 1 aliphatic heterocycles. The predicted octanol–water partition coefficient (Wildman–Crippen LogP) is 2.47. The smallest absolute Gasteiger partial charge is 0.325 e. The average Bonchev–Trinajstić information content (AvgIpc) is 2.93. The van der Waals surface area contributed by atoms with Crippen LogP contribution in [0.4, 0.5) is 4.79 Å². The molecule has 0 bridgehead atoms. The summed E-state index contributed by atoms with van der Waals surface area (Å²) >= 11 is 0. The topological polar surface area (TPSA) is 87.7 Å². The molecule has 1 fully saturated rings. The molecule has 0 saturated carbocycles. The van der Waals surface area contributed by atoms with Crippen LogP contribution in [0.2, 0.25) is 0 Å². The average molecular weight is 385 g/mol. The second-order valence-corrected chi connectivity index (χ2v) is 7.38. The molecule has 0 aromatic heterocycles. The summed E-state index contributed by atoms with van der Waals surface area (Å²) in [5, 5.41) is 5.51. The molecule has 1 heterocycles. The lowest BCUT2D eigenvalue weighted by atomic mass is 9.92. The van der Waals surface area contributed by atoms with E-state index in [0.717, 1.165) is 24.2 Å². The summed E-state index contributed by atoms with van der Waals surface area (Å²) in [7, 11) is 1.56. The maximum atomic E-state index is 12.9. The Bertz CT molecular complexity index is 787. The maximum absolute atomic E-state index is 12.9. The van der Waals surface area contributed by atoms with E-state index in [4.69, 9.17) is 4.74 Å². The van der Waals surface area contributed by atoms with Gasteiger partial charge in [0.25, 0.3) is 5.91 Å². The summed E-state index contributed by atoms with van der Waals surface area (Å²) in [5.74, 6) is -0.111. The van der Waals surface area contributed by atoms with Crippen LogP contribution in [-0.4, -0.2) is 42.9 Å². The van der Waals surface area contributed by atoms with Crippen molar-refractivity contribution in [3.05, 3.63) is 41.5 Å². The van der Waals surface area contributed by atoms with Crippen molar-refractivity contribution in [1.29, 1.82) is 0 Å². The molecule has 2 N–H and O–H groups in total. The number of imide groups is 1. The number of amides is 4. The van der Waals surface area contributed by atoms with Crippen LogP contribution in [0.25, 0.3) is 0 Å². The van der Waals surface area contributed by atoms with Crippen LogP contribution in [-0.2, 0) is 15.1 Å². The van der Waals surface area contributed by atoms with Crippen molar-refractivity contribution in [2.45, 2.75) is 44.6 Å². The normalized spacial score (nSPS) is 21.9. The van der Waals surface area contributed by atoms with Crippen LogP contribution in [0.5, 0.6) is 5.75 Å². The molecule has 1 aliphatic carbocycles. The minimum atomic E-state index is -1.20. The third-order valence-electron chi connectivity index (χ3n) is 5.40. The van der Waals surface area contributed by atoms with Crippen molar-refractivity contribution in [1.82, 2.24) is 15.5 Å². The first-order valence-corrected chi connectivity index (χ1v) is 9.67. The zero-order chi connectivity index (χ0) is 20.1. The Kier molecular flexibility index (Phi) is 6.02. The summed E-state index contributed by atoms with van der Waals surface area (Å²) in [4.78, 5) is 38.4. The van der Waals surface area contributed by atoms with E-state index in [1.807, 2.05) is 0 Å². The Morgan fingerprint density at radius 1 is 1.25 bits per heavy atom. The standard InChI is InChI=1S/C21H27N3O4/c1-21(16-8-10-17(28-2)11-9-16)19(26)24(20(27)23-21)14-18(25)22-13-12-15-6-4-3-5-7-15/h6,8-11H,3-5,7,12-14H2,1-2H3,(H,22,25)(H,23,27)/t21-/m0/s1. The van der Waals surface area contributed by atoms with Gasteiger partial charge in [-0.3, -0.25) is 14.5 Å². The van der Waals surface area contributed by atoms with Crippen LogP contribution >= 0.6 is 0 Å². The first-order valence-electron chi connectivity index (χ1n) is 9.67. The van der Waals surface area contributed by atoms with Crippen LogP contribution in [0.1, 0.15) is 44.6 Å². The lowest BCUT2D eigenvalue weighted by molar-refractivity contribution is -0.134. The summed E-state index contributed by atoms with van der Waals surface area (Å²) in [6.07, 6.45) is 7.68. The highest BCUT2D eigenvalue weighted by Crippen LogP contribution is 2.29. The number of hydrogen-bond acceptors (Lipinski definition) is 4. The lowest BCUT2D eigenvalue weighted by Crippen LogP contribution is -2.43. The molecule has 4 amide bonds.